The van der Waals surface area contributed by atoms with E-state index < -0.39 is 18.5 Å². The summed E-state index contributed by atoms with van der Waals surface area (Å²) in [6, 6.07) is 7.89. The van der Waals surface area contributed by atoms with Crippen molar-refractivity contribution in [1.82, 2.24) is 5.32 Å². The predicted molar refractivity (Wildman–Crippen MR) is 102 cm³/mol. The number of carbonyl (C=O) groups excluding carboxylic acids is 2. The largest absolute Gasteiger partial charge is 0.506 e. The lowest BCUT2D eigenvalue weighted by Crippen LogP contribution is -2.28. The van der Waals surface area contributed by atoms with Crippen LogP contribution in [0.5, 0.6) is 5.75 Å². The molecular weight excluding hydrogens is 501 g/mol. The van der Waals surface area contributed by atoms with Crippen LogP contribution in [-0.4, -0.2) is 23.6 Å². The van der Waals surface area contributed by atoms with E-state index in [1.807, 2.05) is 0 Å². The van der Waals surface area contributed by atoms with Crippen LogP contribution in [0.3, 0.4) is 0 Å². The van der Waals surface area contributed by atoms with Crippen molar-refractivity contribution in [2.75, 3.05) is 6.61 Å². The molecule has 0 fully saturated rings. The molecule has 0 saturated heterocycles. The van der Waals surface area contributed by atoms with Gasteiger partial charge in [0, 0.05) is 21.1 Å². The summed E-state index contributed by atoms with van der Waals surface area (Å²) in [5.74, 6) is -1.59. The van der Waals surface area contributed by atoms with E-state index in [2.05, 4.69) is 37.2 Å². The summed E-state index contributed by atoms with van der Waals surface area (Å²) in [7, 11) is 0. The van der Waals surface area contributed by atoms with Crippen molar-refractivity contribution < 1.29 is 19.4 Å². The Morgan fingerprint density at radius 2 is 1.88 bits per heavy atom. The van der Waals surface area contributed by atoms with E-state index in [9.17, 15) is 14.7 Å². The van der Waals surface area contributed by atoms with E-state index in [1.165, 1.54) is 6.07 Å². The summed E-state index contributed by atoms with van der Waals surface area (Å²) in [6.45, 7) is -0.326. The summed E-state index contributed by atoms with van der Waals surface area (Å²) in [4.78, 5) is 23.8. The number of halogens is 4. The van der Waals surface area contributed by atoms with E-state index in [-0.39, 0.29) is 17.9 Å². The van der Waals surface area contributed by atoms with Gasteiger partial charge in [0.05, 0.1) is 4.47 Å². The number of hydrogen-bond donors (Lipinski definition) is 2. The Labute approximate surface area is 170 Å². The molecule has 2 rings (SSSR count). The first-order valence-electron chi connectivity index (χ1n) is 6.83. The van der Waals surface area contributed by atoms with Gasteiger partial charge in [0.2, 0.25) is 0 Å². The maximum Gasteiger partial charge on any atom is 0.342 e. The van der Waals surface area contributed by atoms with Gasteiger partial charge < -0.3 is 15.2 Å². The topological polar surface area (TPSA) is 75.6 Å². The maximum atomic E-state index is 12.0. The summed E-state index contributed by atoms with van der Waals surface area (Å²) in [5, 5.41) is 13.4. The number of aromatic hydroxyl groups is 1. The Balaban J connectivity index is 1.90. The van der Waals surface area contributed by atoms with Crippen LogP contribution in [0.1, 0.15) is 15.9 Å². The highest BCUT2D eigenvalue weighted by molar-refractivity contribution is 9.11. The lowest BCUT2D eigenvalue weighted by atomic mass is 10.2. The molecule has 0 aliphatic carbocycles. The zero-order valence-corrected chi connectivity index (χ0v) is 17.2. The third-order valence-electron chi connectivity index (χ3n) is 3.07. The number of phenols is 1. The highest BCUT2D eigenvalue weighted by atomic mass is 79.9. The number of carbonyl (C=O) groups is 2. The Morgan fingerprint density at radius 1 is 1.16 bits per heavy atom. The molecule has 0 heterocycles. The van der Waals surface area contributed by atoms with Gasteiger partial charge in [-0.05, 0) is 45.8 Å². The van der Waals surface area contributed by atoms with Crippen LogP contribution in [0.4, 0.5) is 0 Å². The highest BCUT2D eigenvalue weighted by Gasteiger charge is 2.17. The minimum Gasteiger partial charge on any atom is -0.506 e. The van der Waals surface area contributed by atoms with Crippen LogP contribution in [0.25, 0.3) is 0 Å². The first-order chi connectivity index (χ1) is 11.8. The van der Waals surface area contributed by atoms with E-state index in [0.717, 1.165) is 0 Å². The second-order valence-corrected chi connectivity index (χ2v) is 7.49. The molecule has 0 spiro atoms. The van der Waals surface area contributed by atoms with Gasteiger partial charge in [-0.1, -0.05) is 45.2 Å². The van der Waals surface area contributed by atoms with Crippen molar-refractivity contribution >= 4 is 66.9 Å². The molecule has 0 radical (unpaired) electrons. The summed E-state index contributed by atoms with van der Waals surface area (Å²) in [5.41, 5.74) is 0.620. The third-order valence-corrected chi connectivity index (χ3v) is 4.72. The van der Waals surface area contributed by atoms with Crippen LogP contribution in [0, 0.1) is 0 Å². The van der Waals surface area contributed by atoms with E-state index in [1.54, 1.807) is 24.3 Å². The number of rotatable bonds is 5. The van der Waals surface area contributed by atoms with E-state index >= 15 is 0 Å². The van der Waals surface area contributed by atoms with Gasteiger partial charge in [-0.2, -0.15) is 0 Å². The first-order valence-corrected chi connectivity index (χ1v) is 9.18. The minimum atomic E-state index is -0.820. The second-order valence-electron chi connectivity index (χ2n) is 4.87. The molecule has 0 aromatic heterocycles. The number of benzene rings is 2. The van der Waals surface area contributed by atoms with Gasteiger partial charge in [0.25, 0.3) is 5.91 Å². The fraction of sp³-hybridized carbons (Fsp3) is 0.125. The zero-order chi connectivity index (χ0) is 18.6. The molecule has 132 valence electrons. The molecule has 25 heavy (non-hydrogen) atoms. The second kappa shape index (κ2) is 8.89. The van der Waals surface area contributed by atoms with Crippen LogP contribution < -0.4 is 5.32 Å². The predicted octanol–water partition coefficient (Wildman–Crippen LogP) is 4.70. The molecule has 0 aliphatic rings. The molecule has 5 nitrogen and oxygen atoms in total. The molecule has 0 bridgehead atoms. The molecule has 1 amide bonds. The molecule has 2 N–H and O–H groups in total. The molecule has 0 unspecified atom stereocenters. The standard InChI is InChI=1S/C16H11Br2Cl2NO4/c17-9-3-11(15(23)12(18)4-9)16(24)25-7-14(22)21-6-8-1-2-10(19)5-13(8)20/h1-5,23H,6-7H2,(H,21,22). The molecule has 2 aromatic rings. The lowest BCUT2D eigenvalue weighted by Gasteiger charge is -2.09. The number of hydrogen-bond acceptors (Lipinski definition) is 4. The van der Waals surface area contributed by atoms with Gasteiger partial charge in [0.15, 0.2) is 6.61 Å². The van der Waals surface area contributed by atoms with E-state index in [4.69, 9.17) is 27.9 Å². The monoisotopic (exact) mass is 509 g/mol. The highest BCUT2D eigenvalue weighted by Crippen LogP contribution is 2.32. The quantitative estimate of drug-likeness (QED) is 0.571. The van der Waals surface area contributed by atoms with Crippen molar-refractivity contribution in [2.45, 2.75) is 6.54 Å². The average molecular weight is 512 g/mol. The first kappa shape index (κ1) is 20.0. The molecule has 9 heteroatoms. The van der Waals surface area contributed by atoms with Gasteiger partial charge >= 0.3 is 5.97 Å². The van der Waals surface area contributed by atoms with Gasteiger partial charge in [-0.15, -0.1) is 0 Å². The molecule has 0 atom stereocenters. The Kier molecular flexibility index (Phi) is 7.13. The van der Waals surface area contributed by atoms with E-state index in [0.29, 0.717) is 24.6 Å². The molecule has 2 aromatic carbocycles. The Hall–Kier alpha value is -1.28. The zero-order valence-electron chi connectivity index (χ0n) is 12.5. The summed E-state index contributed by atoms with van der Waals surface area (Å²) >= 11 is 18.1. The number of phenolic OH excluding ortho intramolecular Hbond substituents is 1. The normalized spacial score (nSPS) is 10.4. The van der Waals surface area contributed by atoms with Crippen molar-refractivity contribution in [3.8, 4) is 5.75 Å². The van der Waals surface area contributed by atoms with Gasteiger partial charge in [-0.25, -0.2) is 4.79 Å². The molecular formula is C16H11Br2Cl2NO4. The Morgan fingerprint density at radius 3 is 2.56 bits per heavy atom. The van der Waals surface area contributed by atoms with Crippen molar-refractivity contribution in [2.24, 2.45) is 0 Å². The third kappa shape index (κ3) is 5.60. The van der Waals surface area contributed by atoms with Crippen LogP contribution in [-0.2, 0) is 16.1 Å². The van der Waals surface area contributed by atoms with Crippen molar-refractivity contribution in [3.63, 3.8) is 0 Å². The maximum absolute atomic E-state index is 12.0. The SMILES string of the molecule is O=C(COC(=O)c1cc(Br)cc(Br)c1O)NCc1ccc(Cl)cc1Cl. The Bertz CT molecular complexity index is 830. The van der Waals surface area contributed by atoms with Gasteiger partial charge in [-0.3, -0.25) is 4.79 Å². The fourth-order valence-corrected chi connectivity index (χ4v) is 3.54. The summed E-state index contributed by atoms with van der Waals surface area (Å²) in [6.07, 6.45) is 0. The number of esters is 1. The van der Waals surface area contributed by atoms with Crippen molar-refractivity contribution in [3.05, 3.63) is 60.4 Å². The summed E-state index contributed by atoms with van der Waals surface area (Å²) < 4.78 is 5.82. The number of ether oxygens (including phenoxy) is 1. The lowest BCUT2D eigenvalue weighted by molar-refractivity contribution is -0.124. The fourth-order valence-electron chi connectivity index (χ4n) is 1.84. The van der Waals surface area contributed by atoms with Crippen molar-refractivity contribution in [1.29, 1.82) is 0 Å². The smallest absolute Gasteiger partial charge is 0.342 e. The van der Waals surface area contributed by atoms with Gasteiger partial charge in [0.1, 0.15) is 11.3 Å². The molecule has 0 saturated carbocycles. The minimum absolute atomic E-state index is 0.0604. The molecule has 0 aliphatic heterocycles. The van der Waals surface area contributed by atoms with Crippen LogP contribution in [0.2, 0.25) is 10.0 Å². The number of nitrogens with one attached hydrogen (secondary N) is 1. The average Bonchev–Trinajstić information content (AvgIpc) is 2.55. The number of amides is 1. The van der Waals surface area contributed by atoms with Crippen LogP contribution >= 0.6 is 55.1 Å². The van der Waals surface area contributed by atoms with Crippen LogP contribution in [0.15, 0.2) is 39.3 Å².